The van der Waals surface area contributed by atoms with Gasteiger partial charge in [0.15, 0.2) is 11.5 Å². The van der Waals surface area contributed by atoms with Gasteiger partial charge in [-0.2, -0.15) is 8.78 Å². The molecule has 8 atom stereocenters. The van der Waals surface area contributed by atoms with E-state index in [0.29, 0.717) is 25.0 Å². The number of benzene rings is 1. The second-order valence-corrected chi connectivity index (χ2v) is 21.7. The summed E-state index contributed by atoms with van der Waals surface area (Å²) in [6, 6.07) is 3.12. The molecule has 2 bridgehead atoms. The quantitative estimate of drug-likeness (QED) is 0.206. The van der Waals surface area contributed by atoms with Crippen LogP contribution in [0, 0.1) is 34.5 Å². The Kier molecular flexibility index (Phi) is 11.5. The van der Waals surface area contributed by atoms with Crippen LogP contribution in [0.25, 0.3) is 11.0 Å². The molecule has 13 nitrogen and oxygen atoms in total. The monoisotopic (exact) mass is 880 g/mol. The number of sulfonamides is 1. The molecule has 0 spiro atoms. The lowest BCUT2D eigenvalue weighted by Crippen LogP contribution is -2.50. The third-order valence-corrected chi connectivity index (χ3v) is 16.2. The third-order valence-electron chi connectivity index (χ3n) is 14.0. The number of amides is 2. The Balaban J connectivity index is 1.31. The number of hydrogen-bond acceptors (Lipinski definition) is 11. The molecule has 4 fully saturated rings. The van der Waals surface area contributed by atoms with Crippen molar-refractivity contribution in [3.05, 3.63) is 23.9 Å². The first-order valence-corrected chi connectivity index (χ1v) is 22.7. The van der Waals surface area contributed by atoms with E-state index in [2.05, 4.69) is 9.97 Å². The van der Waals surface area contributed by atoms with Gasteiger partial charge in [-0.05, 0) is 76.3 Å². The van der Waals surface area contributed by atoms with Crippen LogP contribution in [0.4, 0.5) is 17.6 Å². The number of rotatable bonds is 9. The Morgan fingerprint density at radius 3 is 2.36 bits per heavy atom. The molecule has 1 N–H and O–H groups in total. The number of carbonyl (C=O) groups excluding carboxylic acids is 4. The number of nitrogens with one attached hydrogen (secondary N) is 1. The summed E-state index contributed by atoms with van der Waals surface area (Å²) in [7, 11) is -2.84. The van der Waals surface area contributed by atoms with Crippen molar-refractivity contribution in [3.63, 3.8) is 0 Å². The zero-order chi connectivity index (χ0) is 44.7. The van der Waals surface area contributed by atoms with Gasteiger partial charge in [-0.15, -0.1) is 0 Å². The lowest BCUT2D eigenvalue weighted by atomic mass is 9.77. The fourth-order valence-corrected chi connectivity index (χ4v) is 10.7. The van der Waals surface area contributed by atoms with Gasteiger partial charge in [0.1, 0.15) is 17.5 Å². The van der Waals surface area contributed by atoms with Gasteiger partial charge in [-0.25, -0.2) is 27.2 Å². The number of alkyl halides is 4. The molecule has 2 amide bonds. The summed E-state index contributed by atoms with van der Waals surface area (Å²) in [4.78, 5) is 67.3. The molecule has 18 heteroatoms. The van der Waals surface area contributed by atoms with E-state index in [1.54, 1.807) is 40.7 Å². The minimum absolute atomic E-state index is 0.0696. The van der Waals surface area contributed by atoms with Crippen LogP contribution in [0.5, 0.6) is 11.6 Å². The fraction of sp³-hybridized carbons (Fsp3) is 0.721. The molecule has 3 saturated carbocycles. The van der Waals surface area contributed by atoms with Crippen molar-refractivity contribution in [3.8, 4) is 11.6 Å². The number of ether oxygens (including phenoxy) is 3. The Labute approximate surface area is 353 Å². The predicted molar refractivity (Wildman–Crippen MR) is 213 cm³/mol. The molecule has 1 aromatic heterocycles. The number of hydrogen-bond donors (Lipinski definition) is 1. The molecule has 3 heterocycles. The number of Topliss-reactive ketones (excluding diaryl/α,β-unsaturated/α-hetero) is 1. The highest BCUT2D eigenvalue weighted by Gasteiger charge is 2.67. The van der Waals surface area contributed by atoms with Crippen LogP contribution in [0.3, 0.4) is 0 Å². The topological polar surface area (TPSA) is 171 Å². The zero-order valence-corrected chi connectivity index (χ0v) is 36.5. The number of esters is 1. The number of carbonyl (C=O) groups is 4. The van der Waals surface area contributed by atoms with Gasteiger partial charge in [-0.1, -0.05) is 34.1 Å². The van der Waals surface area contributed by atoms with E-state index in [0.717, 1.165) is 0 Å². The van der Waals surface area contributed by atoms with Crippen molar-refractivity contribution >= 4 is 44.6 Å². The van der Waals surface area contributed by atoms with Crippen LogP contribution in [0.2, 0.25) is 0 Å². The highest BCUT2D eigenvalue weighted by atomic mass is 32.2. The van der Waals surface area contributed by atoms with E-state index in [1.165, 1.54) is 31.1 Å². The summed E-state index contributed by atoms with van der Waals surface area (Å²) in [5, 5.41) is 0. The van der Waals surface area contributed by atoms with E-state index >= 15 is 8.78 Å². The van der Waals surface area contributed by atoms with Crippen LogP contribution in [-0.2, 0) is 39.9 Å². The molecule has 1 aromatic carbocycles. The van der Waals surface area contributed by atoms with Gasteiger partial charge in [-0.3, -0.25) is 23.9 Å². The first-order valence-electron chi connectivity index (χ1n) is 21.2. The number of methoxy groups -OCH3 is 1. The maximum atomic E-state index is 16.4. The molecule has 7 rings (SSSR count). The molecule has 61 heavy (non-hydrogen) atoms. The summed E-state index contributed by atoms with van der Waals surface area (Å²) < 4.78 is 106. The Bertz CT molecular complexity index is 2220. The van der Waals surface area contributed by atoms with Crippen LogP contribution >= 0.6 is 0 Å². The highest BCUT2D eigenvalue weighted by Crippen LogP contribution is 2.60. The van der Waals surface area contributed by atoms with Crippen molar-refractivity contribution in [1.29, 1.82) is 0 Å². The normalized spacial score (nSPS) is 32.4. The van der Waals surface area contributed by atoms with E-state index in [4.69, 9.17) is 14.2 Å². The summed E-state index contributed by atoms with van der Waals surface area (Å²) in [5.41, 5.74) is -4.22. The Hall–Kier alpha value is -4.09. The minimum atomic E-state index is -4.27. The minimum Gasteiger partial charge on any atom is -0.497 e. The maximum Gasteiger partial charge on any atom is 0.307 e. The van der Waals surface area contributed by atoms with E-state index < -0.39 is 128 Å². The predicted octanol–water partition coefficient (Wildman–Crippen LogP) is 6.89. The molecule has 3 aliphatic carbocycles. The lowest BCUT2D eigenvalue weighted by molar-refractivity contribution is -0.158. The van der Waals surface area contributed by atoms with Crippen molar-refractivity contribution in [2.24, 2.45) is 34.5 Å². The number of nitrogens with zero attached hydrogens (tertiary/aromatic N) is 3. The van der Waals surface area contributed by atoms with Crippen molar-refractivity contribution in [2.45, 2.75) is 147 Å². The van der Waals surface area contributed by atoms with Gasteiger partial charge in [0.25, 0.3) is 5.92 Å². The van der Waals surface area contributed by atoms with Gasteiger partial charge in [0.2, 0.25) is 34.1 Å². The molecule has 1 saturated heterocycles. The molecule has 2 aliphatic heterocycles. The lowest BCUT2D eigenvalue weighted by Gasteiger charge is -2.35. The van der Waals surface area contributed by atoms with E-state index in [-0.39, 0.29) is 55.6 Å². The molecule has 0 radical (unpaired) electrons. The van der Waals surface area contributed by atoms with Crippen LogP contribution in [-0.4, -0.2) is 89.4 Å². The number of fused-ring (bicyclic) bond motifs is 5. The highest BCUT2D eigenvalue weighted by molar-refractivity contribution is 7.91. The fourth-order valence-electron chi connectivity index (χ4n) is 9.40. The molecule has 0 unspecified atom stereocenters. The van der Waals surface area contributed by atoms with Crippen LogP contribution in [0.1, 0.15) is 118 Å². The Morgan fingerprint density at radius 1 is 1.05 bits per heavy atom. The summed E-state index contributed by atoms with van der Waals surface area (Å²) in [6.45, 7) is 9.79. The summed E-state index contributed by atoms with van der Waals surface area (Å²) in [6.07, 6.45) is -4.29. The van der Waals surface area contributed by atoms with E-state index in [9.17, 15) is 36.4 Å². The first kappa shape index (κ1) is 44.9. The van der Waals surface area contributed by atoms with Gasteiger partial charge >= 0.3 is 5.97 Å². The smallest absolute Gasteiger partial charge is 0.307 e. The number of aromatic nitrogens is 2. The van der Waals surface area contributed by atoms with Gasteiger partial charge < -0.3 is 19.1 Å². The average Bonchev–Trinajstić information content (AvgIpc) is 4.13. The molecular formula is C43H56F4N4O9S. The summed E-state index contributed by atoms with van der Waals surface area (Å²) >= 11 is 0. The summed E-state index contributed by atoms with van der Waals surface area (Å²) in [5.74, 6) is -10.8. The van der Waals surface area contributed by atoms with Crippen LogP contribution < -0.4 is 14.2 Å². The first-order chi connectivity index (χ1) is 28.4. The third kappa shape index (κ3) is 8.54. The largest absolute Gasteiger partial charge is 0.497 e. The standard InChI is InChI=1S/C43H56F4N4O9S/c1-8-25-31-22-51(33(25)30(52)21-42(20-27(42)35(44)45)38(55)50-61(56,57)40(5)15-16-40)37(54)26(39(2,3)4)18-32(53)60-41(6)19-23(41)11-9-10-14-43(46,47)34-36(59-31)49-29-17-24(58-7)12-13-28(29)48-34/h12-13,17,23,25-27,31,33,35H,8-11,14-16,18-22H2,1-7H3,(H,50,55)/t23-,25-,26-,27+,31+,33+,41-,42-/m1/s1. The number of halogens is 4. The van der Waals surface area contributed by atoms with E-state index in [1.807, 2.05) is 4.72 Å². The van der Waals surface area contributed by atoms with Gasteiger partial charge in [0, 0.05) is 36.7 Å². The zero-order valence-electron chi connectivity index (χ0n) is 35.7. The molecule has 336 valence electrons. The van der Waals surface area contributed by atoms with Crippen molar-refractivity contribution in [1.82, 2.24) is 19.6 Å². The van der Waals surface area contributed by atoms with Crippen molar-refractivity contribution in [2.75, 3.05) is 13.7 Å². The Morgan fingerprint density at radius 2 is 1.75 bits per heavy atom. The second-order valence-electron chi connectivity index (χ2n) is 19.5. The molecular weight excluding hydrogens is 825 g/mol. The second kappa shape index (κ2) is 15.6. The SMILES string of the molecule is CC[C@@H]1[C@@H]2CN(C(=O)[C@H](C(C)(C)C)CC(=O)O[C@]3(C)C[C@H]3CCCCC(F)(F)c3nc4ccc(OC)cc4nc3O2)[C@@H]1C(=O)C[C@]1(C(=O)NS(=O)(=O)C2(C)CC2)C[C@H]1C(F)F. The molecule has 2 aromatic rings. The maximum absolute atomic E-state index is 16.4. The average molecular weight is 881 g/mol. The van der Waals surface area contributed by atoms with Crippen molar-refractivity contribution < 1.29 is 59.4 Å². The molecule has 5 aliphatic rings. The van der Waals surface area contributed by atoms with Crippen LogP contribution in [0.15, 0.2) is 18.2 Å². The number of ketones is 1. The van der Waals surface area contributed by atoms with Gasteiger partial charge in [0.05, 0.1) is 53.2 Å².